The number of rotatable bonds is 6. The molecule has 42 heavy (non-hydrogen) atoms. The van der Waals surface area contributed by atoms with Crippen molar-refractivity contribution in [2.75, 3.05) is 5.32 Å². The van der Waals surface area contributed by atoms with E-state index in [4.69, 9.17) is 4.98 Å². The van der Waals surface area contributed by atoms with Crippen LogP contribution in [0.5, 0.6) is 0 Å². The molecule has 1 aliphatic carbocycles. The fourth-order valence-electron chi connectivity index (χ4n) is 5.90. The van der Waals surface area contributed by atoms with E-state index in [1.807, 2.05) is 31.2 Å². The van der Waals surface area contributed by atoms with Crippen LogP contribution < -0.4 is 5.32 Å². The number of fused-ring (bicyclic) bond motifs is 2. The van der Waals surface area contributed by atoms with Crippen molar-refractivity contribution < 1.29 is 9.18 Å². The predicted octanol–water partition coefficient (Wildman–Crippen LogP) is 6.98. The standard InChI is InChI=1S/C32H29FN8O/c1-18-9-20(12-22(33)10-18)29-31-25(7-8-35-29)38-32(39-31)30-24-14-26(36-17-27(24)40-41-30)21-13-23(16-34-15-21)37-28(42)11-19-5-3-2-4-6-19/h7-10,12-17,19H,2-6,11H2,1H3,(H,37,42)(H,38,39)(H,40,41). The zero-order valence-electron chi connectivity index (χ0n) is 23.1. The van der Waals surface area contributed by atoms with Gasteiger partial charge in [0.25, 0.3) is 0 Å². The first-order valence-electron chi connectivity index (χ1n) is 14.2. The normalized spacial score (nSPS) is 14.0. The van der Waals surface area contributed by atoms with E-state index < -0.39 is 0 Å². The van der Waals surface area contributed by atoms with E-state index >= 15 is 0 Å². The molecular formula is C32H29FN8O. The number of benzene rings is 1. The third kappa shape index (κ3) is 5.11. The molecule has 3 N–H and O–H groups in total. The lowest BCUT2D eigenvalue weighted by Crippen LogP contribution is -2.18. The number of hydrogen-bond acceptors (Lipinski definition) is 6. The molecule has 0 saturated heterocycles. The second kappa shape index (κ2) is 10.8. The van der Waals surface area contributed by atoms with Crippen LogP contribution in [0.15, 0.2) is 61.2 Å². The zero-order chi connectivity index (χ0) is 28.6. The molecule has 210 valence electrons. The van der Waals surface area contributed by atoms with Crippen LogP contribution in [0.2, 0.25) is 0 Å². The van der Waals surface area contributed by atoms with Gasteiger partial charge in [-0.05, 0) is 67.6 Å². The molecule has 5 aromatic heterocycles. The van der Waals surface area contributed by atoms with Crippen LogP contribution in [-0.4, -0.2) is 41.0 Å². The molecule has 5 heterocycles. The molecular weight excluding hydrogens is 531 g/mol. The second-order valence-electron chi connectivity index (χ2n) is 11.1. The molecule has 7 rings (SSSR count). The molecule has 9 nitrogen and oxygen atoms in total. The number of anilines is 1. The Morgan fingerprint density at radius 2 is 1.86 bits per heavy atom. The lowest BCUT2D eigenvalue weighted by Gasteiger charge is -2.20. The lowest BCUT2D eigenvalue weighted by molar-refractivity contribution is -0.117. The van der Waals surface area contributed by atoms with E-state index in [1.54, 1.807) is 24.8 Å². The molecule has 0 atom stereocenters. The first-order chi connectivity index (χ1) is 20.5. The number of aryl methyl sites for hydroxylation is 1. The van der Waals surface area contributed by atoms with Gasteiger partial charge in [0.15, 0.2) is 5.82 Å². The maximum absolute atomic E-state index is 14.2. The number of carbonyl (C=O) groups is 1. The maximum atomic E-state index is 14.2. The van der Waals surface area contributed by atoms with Gasteiger partial charge in [-0.1, -0.05) is 19.3 Å². The van der Waals surface area contributed by atoms with Gasteiger partial charge in [0.1, 0.15) is 17.0 Å². The summed E-state index contributed by atoms with van der Waals surface area (Å²) in [5.74, 6) is 0.716. The monoisotopic (exact) mass is 560 g/mol. The van der Waals surface area contributed by atoms with E-state index in [0.717, 1.165) is 40.4 Å². The number of nitrogens with one attached hydrogen (secondary N) is 3. The molecule has 0 spiro atoms. The molecule has 10 heteroatoms. The number of halogens is 1. The Kier molecular flexibility index (Phi) is 6.65. The molecule has 0 radical (unpaired) electrons. The number of imidazole rings is 1. The highest BCUT2D eigenvalue weighted by Crippen LogP contribution is 2.32. The Balaban J connectivity index is 1.20. The topological polar surface area (TPSA) is 125 Å². The minimum atomic E-state index is -0.319. The van der Waals surface area contributed by atoms with Gasteiger partial charge >= 0.3 is 0 Å². The van der Waals surface area contributed by atoms with Crippen molar-refractivity contribution in [3.8, 4) is 34.0 Å². The molecule has 1 fully saturated rings. The highest BCUT2D eigenvalue weighted by atomic mass is 19.1. The summed E-state index contributed by atoms with van der Waals surface area (Å²) in [4.78, 5) is 34.3. The third-order valence-corrected chi connectivity index (χ3v) is 7.90. The van der Waals surface area contributed by atoms with E-state index in [2.05, 4.69) is 35.5 Å². The molecule has 0 aliphatic heterocycles. The number of H-pyrrole nitrogens is 2. The quantitative estimate of drug-likeness (QED) is 0.202. The average molecular weight is 561 g/mol. The van der Waals surface area contributed by atoms with Crippen LogP contribution in [0.4, 0.5) is 10.1 Å². The number of hydrogen-bond donors (Lipinski definition) is 3. The molecule has 0 bridgehead atoms. The van der Waals surface area contributed by atoms with Crippen LogP contribution in [0.3, 0.4) is 0 Å². The van der Waals surface area contributed by atoms with Crippen molar-refractivity contribution in [3.05, 3.63) is 72.6 Å². The number of aromatic amines is 2. The van der Waals surface area contributed by atoms with Gasteiger partial charge < -0.3 is 10.3 Å². The molecule has 0 unspecified atom stereocenters. The number of pyridine rings is 3. The van der Waals surface area contributed by atoms with E-state index in [0.29, 0.717) is 52.0 Å². The smallest absolute Gasteiger partial charge is 0.224 e. The van der Waals surface area contributed by atoms with Crippen LogP contribution in [0.1, 0.15) is 44.1 Å². The highest BCUT2D eigenvalue weighted by Gasteiger charge is 2.19. The molecule has 1 aromatic carbocycles. The Bertz CT molecular complexity index is 1920. The van der Waals surface area contributed by atoms with Crippen LogP contribution in [-0.2, 0) is 4.79 Å². The fraction of sp³-hybridized carbons (Fsp3) is 0.250. The van der Waals surface area contributed by atoms with Crippen LogP contribution in [0.25, 0.3) is 56.0 Å². The molecule has 1 amide bonds. The van der Waals surface area contributed by atoms with Crippen LogP contribution >= 0.6 is 0 Å². The van der Waals surface area contributed by atoms with Gasteiger partial charge in [-0.15, -0.1) is 0 Å². The zero-order valence-corrected chi connectivity index (χ0v) is 23.1. The summed E-state index contributed by atoms with van der Waals surface area (Å²) in [6.45, 7) is 1.85. The maximum Gasteiger partial charge on any atom is 0.224 e. The van der Waals surface area contributed by atoms with E-state index in [1.165, 1.54) is 31.4 Å². The largest absolute Gasteiger partial charge is 0.336 e. The van der Waals surface area contributed by atoms with Crippen molar-refractivity contribution in [2.24, 2.45) is 5.92 Å². The number of aromatic nitrogens is 7. The van der Waals surface area contributed by atoms with Crippen LogP contribution in [0, 0.1) is 18.7 Å². The molecule has 6 aromatic rings. The van der Waals surface area contributed by atoms with Gasteiger partial charge in [-0.25, -0.2) is 9.37 Å². The van der Waals surface area contributed by atoms with Crippen molar-refractivity contribution in [3.63, 3.8) is 0 Å². The van der Waals surface area contributed by atoms with Crippen molar-refractivity contribution in [1.82, 2.24) is 35.1 Å². The lowest BCUT2D eigenvalue weighted by atomic mass is 9.87. The SMILES string of the molecule is Cc1cc(F)cc(-c2nccc3[nH]c(-c4n[nH]c5cnc(-c6cncc(NC(=O)CC7CCCCC7)c6)cc45)nc23)c1. The van der Waals surface area contributed by atoms with Crippen molar-refractivity contribution in [1.29, 1.82) is 0 Å². The van der Waals surface area contributed by atoms with E-state index in [-0.39, 0.29) is 11.7 Å². The summed E-state index contributed by atoms with van der Waals surface area (Å²) in [7, 11) is 0. The predicted molar refractivity (Wildman–Crippen MR) is 160 cm³/mol. The first kappa shape index (κ1) is 25.9. The molecule has 1 saturated carbocycles. The summed E-state index contributed by atoms with van der Waals surface area (Å²) in [6.07, 6.45) is 13.2. The number of amides is 1. The number of nitrogens with zero attached hydrogens (tertiary/aromatic N) is 5. The van der Waals surface area contributed by atoms with E-state index in [9.17, 15) is 9.18 Å². The Labute approximate surface area is 241 Å². The summed E-state index contributed by atoms with van der Waals surface area (Å²) < 4.78 is 14.2. The third-order valence-electron chi connectivity index (χ3n) is 7.90. The summed E-state index contributed by atoms with van der Waals surface area (Å²) in [6, 6.07) is 10.5. The Morgan fingerprint density at radius 1 is 0.976 bits per heavy atom. The summed E-state index contributed by atoms with van der Waals surface area (Å²) >= 11 is 0. The fourth-order valence-corrected chi connectivity index (χ4v) is 5.90. The van der Waals surface area contributed by atoms with Gasteiger partial charge in [0.05, 0.1) is 40.5 Å². The first-order valence-corrected chi connectivity index (χ1v) is 14.2. The minimum absolute atomic E-state index is 0.0218. The molecule has 1 aliphatic rings. The van der Waals surface area contributed by atoms with Gasteiger partial charge in [-0.2, -0.15) is 5.10 Å². The minimum Gasteiger partial charge on any atom is -0.336 e. The van der Waals surface area contributed by atoms with Gasteiger partial charge in [0, 0.05) is 35.3 Å². The average Bonchev–Trinajstić information content (AvgIpc) is 3.61. The second-order valence-corrected chi connectivity index (χ2v) is 11.1. The summed E-state index contributed by atoms with van der Waals surface area (Å²) in [5, 5.41) is 11.4. The highest BCUT2D eigenvalue weighted by molar-refractivity contribution is 5.97. The Hall–Kier alpha value is -4.99. The van der Waals surface area contributed by atoms with Crippen molar-refractivity contribution >= 4 is 33.5 Å². The van der Waals surface area contributed by atoms with Gasteiger partial charge in [-0.3, -0.25) is 24.8 Å². The Morgan fingerprint density at radius 3 is 2.71 bits per heavy atom. The summed E-state index contributed by atoms with van der Waals surface area (Å²) in [5.41, 5.74) is 6.93. The van der Waals surface area contributed by atoms with Gasteiger partial charge in [0.2, 0.25) is 5.91 Å². The number of carbonyl (C=O) groups excluding carboxylic acids is 1. The van der Waals surface area contributed by atoms with Crippen molar-refractivity contribution in [2.45, 2.75) is 45.4 Å².